The number of furan rings is 1. The van der Waals surface area contributed by atoms with Gasteiger partial charge < -0.3 is 9.73 Å². The molecule has 0 radical (unpaired) electrons. The molecular weight excluding hydrogens is 272 g/mol. The Hall–Kier alpha value is -2.14. The van der Waals surface area contributed by atoms with Gasteiger partial charge in [-0.2, -0.15) is 0 Å². The average Bonchev–Trinajstić information content (AvgIpc) is 3.04. The number of carbonyl (C=O) groups is 1. The number of thiazole rings is 1. The van der Waals surface area contributed by atoms with Gasteiger partial charge in [0.05, 0.1) is 21.5 Å². The van der Waals surface area contributed by atoms with Crippen LogP contribution in [-0.2, 0) is 11.2 Å². The summed E-state index contributed by atoms with van der Waals surface area (Å²) in [7, 11) is 0. The van der Waals surface area contributed by atoms with Crippen molar-refractivity contribution in [2.45, 2.75) is 19.8 Å². The Morgan fingerprint density at radius 2 is 2.30 bits per heavy atom. The van der Waals surface area contributed by atoms with Gasteiger partial charge in [-0.15, -0.1) is 11.3 Å². The van der Waals surface area contributed by atoms with E-state index >= 15 is 0 Å². The van der Waals surface area contributed by atoms with Crippen LogP contribution < -0.4 is 5.32 Å². The third-order valence-corrected chi connectivity index (χ3v) is 3.89. The number of aromatic nitrogens is 1. The van der Waals surface area contributed by atoms with Crippen molar-refractivity contribution < 1.29 is 9.21 Å². The van der Waals surface area contributed by atoms with Crippen molar-refractivity contribution in [3.05, 3.63) is 47.4 Å². The van der Waals surface area contributed by atoms with E-state index in [1.807, 2.05) is 37.3 Å². The lowest BCUT2D eigenvalue weighted by Crippen LogP contribution is -2.11. The first-order valence-electron chi connectivity index (χ1n) is 6.40. The minimum atomic E-state index is -0.0120. The molecule has 1 aromatic carbocycles. The number of rotatable bonds is 4. The van der Waals surface area contributed by atoms with Crippen LogP contribution in [0.3, 0.4) is 0 Å². The fraction of sp³-hybridized carbons (Fsp3) is 0.200. The lowest BCUT2D eigenvalue weighted by molar-refractivity contribution is -0.116. The molecule has 102 valence electrons. The molecule has 5 heteroatoms. The van der Waals surface area contributed by atoms with Crippen LogP contribution in [0.15, 0.2) is 41.0 Å². The number of hydrogen-bond acceptors (Lipinski definition) is 4. The van der Waals surface area contributed by atoms with E-state index in [0.29, 0.717) is 12.8 Å². The van der Waals surface area contributed by atoms with Crippen LogP contribution in [0.2, 0.25) is 0 Å². The van der Waals surface area contributed by atoms with Crippen LogP contribution in [0, 0.1) is 6.92 Å². The standard InChI is InChI=1S/C15H14N2O2S/c1-10-16-13-6-4-11(9-14(13)20-10)17-15(18)7-5-12-3-2-8-19-12/h2-4,6,8-9H,5,7H2,1H3,(H,17,18). The monoisotopic (exact) mass is 286 g/mol. The number of anilines is 1. The van der Waals surface area contributed by atoms with Crippen molar-refractivity contribution in [3.63, 3.8) is 0 Å². The van der Waals surface area contributed by atoms with Crippen LogP contribution in [0.25, 0.3) is 10.2 Å². The summed E-state index contributed by atoms with van der Waals surface area (Å²) in [5.74, 6) is 0.815. The van der Waals surface area contributed by atoms with E-state index < -0.39 is 0 Å². The Labute approximate surface area is 120 Å². The highest BCUT2D eigenvalue weighted by Gasteiger charge is 2.06. The molecule has 0 saturated heterocycles. The van der Waals surface area contributed by atoms with Crippen molar-refractivity contribution in [2.75, 3.05) is 5.32 Å². The molecule has 0 aliphatic rings. The van der Waals surface area contributed by atoms with Crippen LogP contribution in [0.1, 0.15) is 17.2 Å². The molecule has 0 aliphatic carbocycles. The van der Waals surface area contributed by atoms with Crippen LogP contribution in [0.5, 0.6) is 0 Å². The molecule has 2 heterocycles. The van der Waals surface area contributed by atoms with E-state index in [9.17, 15) is 4.79 Å². The Kier molecular flexibility index (Phi) is 3.52. The van der Waals surface area contributed by atoms with E-state index in [2.05, 4.69) is 10.3 Å². The normalized spacial score (nSPS) is 10.8. The van der Waals surface area contributed by atoms with Gasteiger partial charge in [-0.25, -0.2) is 4.98 Å². The molecule has 1 N–H and O–H groups in total. The predicted molar refractivity (Wildman–Crippen MR) is 80.0 cm³/mol. The highest BCUT2D eigenvalue weighted by atomic mass is 32.1. The molecule has 2 aromatic heterocycles. The molecule has 0 unspecified atom stereocenters. The van der Waals surface area contributed by atoms with E-state index in [0.717, 1.165) is 26.7 Å². The zero-order valence-electron chi connectivity index (χ0n) is 11.1. The number of amides is 1. The van der Waals surface area contributed by atoms with Crippen LogP contribution in [-0.4, -0.2) is 10.9 Å². The minimum Gasteiger partial charge on any atom is -0.469 e. The second-order valence-electron chi connectivity index (χ2n) is 4.54. The summed E-state index contributed by atoms with van der Waals surface area (Å²) in [6.45, 7) is 1.98. The van der Waals surface area contributed by atoms with E-state index in [-0.39, 0.29) is 5.91 Å². The van der Waals surface area contributed by atoms with Crippen molar-refractivity contribution in [3.8, 4) is 0 Å². The number of fused-ring (bicyclic) bond motifs is 1. The molecule has 3 rings (SSSR count). The molecule has 3 aromatic rings. The van der Waals surface area contributed by atoms with Gasteiger partial charge in [0.15, 0.2) is 0 Å². The fourth-order valence-corrected chi connectivity index (χ4v) is 2.90. The summed E-state index contributed by atoms with van der Waals surface area (Å²) >= 11 is 1.63. The second kappa shape index (κ2) is 5.46. The summed E-state index contributed by atoms with van der Waals surface area (Å²) in [4.78, 5) is 16.3. The number of nitrogens with zero attached hydrogens (tertiary/aromatic N) is 1. The van der Waals surface area contributed by atoms with Gasteiger partial charge in [0.1, 0.15) is 5.76 Å². The Morgan fingerprint density at radius 1 is 1.40 bits per heavy atom. The van der Waals surface area contributed by atoms with E-state index in [1.165, 1.54) is 0 Å². The lowest BCUT2D eigenvalue weighted by Gasteiger charge is -2.04. The highest BCUT2D eigenvalue weighted by Crippen LogP contribution is 2.24. The maximum Gasteiger partial charge on any atom is 0.224 e. The van der Waals surface area contributed by atoms with Crippen molar-refractivity contribution >= 4 is 33.1 Å². The zero-order chi connectivity index (χ0) is 13.9. The molecule has 0 saturated carbocycles. The first-order valence-corrected chi connectivity index (χ1v) is 7.22. The largest absolute Gasteiger partial charge is 0.469 e. The fourth-order valence-electron chi connectivity index (χ4n) is 2.03. The van der Waals surface area contributed by atoms with Crippen LogP contribution in [0.4, 0.5) is 5.69 Å². The van der Waals surface area contributed by atoms with Gasteiger partial charge in [0, 0.05) is 18.5 Å². The van der Waals surface area contributed by atoms with Gasteiger partial charge in [-0.05, 0) is 37.3 Å². The second-order valence-corrected chi connectivity index (χ2v) is 5.78. The summed E-state index contributed by atoms with van der Waals surface area (Å²) in [5, 5.41) is 3.93. The quantitative estimate of drug-likeness (QED) is 0.794. The molecule has 1 amide bonds. The Bertz CT molecular complexity index is 732. The Balaban J connectivity index is 1.64. The summed E-state index contributed by atoms with van der Waals surface area (Å²) < 4.78 is 6.30. The first kappa shape index (κ1) is 12.9. The van der Waals surface area contributed by atoms with E-state index in [1.54, 1.807) is 17.6 Å². The van der Waals surface area contributed by atoms with Crippen molar-refractivity contribution in [1.29, 1.82) is 0 Å². The van der Waals surface area contributed by atoms with Crippen LogP contribution >= 0.6 is 11.3 Å². The van der Waals surface area contributed by atoms with Gasteiger partial charge in [-0.1, -0.05) is 0 Å². The topological polar surface area (TPSA) is 55.1 Å². The van der Waals surface area contributed by atoms with E-state index in [4.69, 9.17) is 4.42 Å². The molecule has 20 heavy (non-hydrogen) atoms. The smallest absolute Gasteiger partial charge is 0.224 e. The summed E-state index contributed by atoms with van der Waals surface area (Å²) in [5.41, 5.74) is 1.78. The molecule has 0 spiro atoms. The molecule has 4 nitrogen and oxygen atoms in total. The summed E-state index contributed by atoms with van der Waals surface area (Å²) in [6.07, 6.45) is 2.64. The third kappa shape index (κ3) is 2.88. The van der Waals surface area contributed by atoms with Crippen molar-refractivity contribution in [1.82, 2.24) is 4.98 Å². The van der Waals surface area contributed by atoms with Gasteiger partial charge >= 0.3 is 0 Å². The molecule has 0 atom stereocenters. The van der Waals surface area contributed by atoms with Gasteiger partial charge in [0.25, 0.3) is 0 Å². The third-order valence-electron chi connectivity index (χ3n) is 2.96. The van der Waals surface area contributed by atoms with Gasteiger partial charge in [0.2, 0.25) is 5.91 Å². The maximum absolute atomic E-state index is 11.9. The SMILES string of the molecule is Cc1nc2ccc(NC(=O)CCc3ccco3)cc2s1. The molecule has 0 fully saturated rings. The van der Waals surface area contributed by atoms with Gasteiger partial charge in [-0.3, -0.25) is 4.79 Å². The molecule has 0 aliphatic heterocycles. The summed E-state index contributed by atoms with van der Waals surface area (Å²) in [6, 6.07) is 9.48. The number of hydrogen-bond donors (Lipinski definition) is 1. The maximum atomic E-state index is 11.9. The number of aryl methyl sites for hydroxylation is 2. The number of carbonyl (C=O) groups excluding carboxylic acids is 1. The predicted octanol–water partition coefficient (Wildman–Crippen LogP) is 3.77. The lowest BCUT2D eigenvalue weighted by atomic mass is 10.2. The minimum absolute atomic E-state index is 0.0120. The molecular formula is C15H14N2O2S. The highest BCUT2D eigenvalue weighted by molar-refractivity contribution is 7.18. The van der Waals surface area contributed by atoms with Crippen molar-refractivity contribution in [2.24, 2.45) is 0 Å². The Morgan fingerprint density at radius 3 is 3.10 bits per heavy atom. The number of nitrogens with one attached hydrogen (secondary N) is 1. The number of benzene rings is 1. The first-order chi connectivity index (χ1) is 9.70. The molecule has 0 bridgehead atoms. The average molecular weight is 286 g/mol. The zero-order valence-corrected chi connectivity index (χ0v) is 11.9.